The number of anilines is 1. The first-order chi connectivity index (χ1) is 8.38. The lowest BCUT2D eigenvalue weighted by molar-refractivity contribution is 0.0746. The summed E-state index contributed by atoms with van der Waals surface area (Å²) in [5.41, 5.74) is 2.09. The van der Waals surface area contributed by atoms with E-state index in [9.17, 15) is 5.11 Å². The van der Waals surface area contributed by atoms with Gasteiger partial charge in [-0.25, -0.2) is 4.98 Å². The van der Waals surface area contributed by atoms with Gasteiger partial charge in [0.05, 0.1) is 5.69 Å². The molecule has 0 aliphatic carbocycles. The SMILES string of the molecule is CN(C)c1ccc(-c2nc(C(C)(C)O)cs2)cc1. The second-order valence-corrected chi connectivity index (χ2v) is 5.90. The smallest absolute Gasteiger partial charge is 0.123 e. The van der Waals surface area contributed by atoms with Crippen LogP contribution in [0.15, 0.2) is 29.6 Å². The highest BCUT2D eigenvalue weighted by molar-refractivity contribution is 7.13. The third-order valence-corrected chi connectivity index (χ3v) is 3.65. The summed E-state index contributed by atoms with van der Waals surface area (Å²) < 4.78 is 0. The average Bonchev–Trinajstić information content (AvgIpc) is 2.78. The lowest BCUT2D eigenvalue weighted by Crippen LogP contribution is -2.15. The fourth-order valence-electron chi connectivity index (χ4n) is 1.59. The molecule has 0 amide bonds. The first-order valence-electron chi connectivity index (χ1n) is 5.84. The third-order valence-electron chi connectivity index (χ3n) is 2.76. The molecule has 0 fully saturated rings. The first kappa shape index (κ1) is 13.1. The summed E-state index contributed by atoms with van der Waals surface area (Å²) in [7, 11) is 4.04. The van der Waals surface area contributed by atoms with Gasteiger partial charge in [-0.3, -0.25) is 0 Å². The van der Waals surface area contributed by atoms with Crippen LogP contribution in [0.25, 0.3) is 10.6 Å². The summed E-state index contributed by atoms with van der Waals surface area (Å²) in [6.45, 7) is 3.50. The Morgan fingerprint density at radius 3 is 2.22 bits per heavy atom. The maximum atomic E-state index is 9.90. The molecular formula is C14H18N2OS. The number of nitrogens with zero attached hydrogens (tertiary/aromatic N) is 2. The number of benzene rings is 1. The third kappa shape index (κ3) is 2.71. The van der Waals surface area contributed by atoms with Crippen LogP contribution in [0, 0.1) is 0 Å². The van der Waals surface area contributed by atoms with Crippen LogP contribution in [-0.4, -0.2) is 24.2 Å². The standard InChI is InChI=1S/C14H18N2OS/c1-14(2,17)12-9-18-13(15-12)10-5-7-11(8-6-10)16(3)4/h5-9,17H,1-4H3. The van der Waals surface area contributed by atoms with Crippen molar-refractivity contribution in [2.75, 3.05) is 19.0 Å². The molecule has 0 radical (unpaired) electrons. The molecule has 0 saturated carbocycles. The fourth-order valence-corrected chi connectivity index (χ4v) is 2.58. The first-order valence-corrected chi connectivity index (χ1v) is 6.72. The molecule has 1 aromatic carbocycles. The molecule has 2 rings (SSSR count). The normalized spacial score (nSPS) is 11.6. The van der Waals surface area contributed by atoms with Gasteiger partial charge in [-0.15, -0.1) is 11.3 Å². The van der Waals surface area contributed by atoms with Crippen LogP contribution in [0.1, 0.15) is 19.5 Å². The van der Waals surface area contributed by atoms with E-state index in [-0.39, 0.29) is 0 Å². The molecule has 3 nitrogen and oxygen atoms in total. The van der Waals surface area contributed by atoms with Gasteiger partial charge in [0, 0.05) is 30.7 Å². The van der Waals surface area contributed by atoms with Gasteiger partial charge in [0.25, 0.3) is 0 Å². The summed E-state index contributed by atoms with van der Waals surface area (Å²) in [6, 6.07) is 8.26. The summed E-state index contributed by atoms with van der Waals surface area (Å²) in [6.07, 6.45) is 0. The van der Waals surface area contributed by atoms with E-state index in [4.69, 9.17) is 0 Å². The van der Waals surface area contributed by atoms with Crippen molar-refractivity contribution in [2.45, 2.75) is 19.4 Å². The topological polar surface area (TPSA) is 36.4 Å². The molecule has 0 atom stereocenters. The fraction of sp³-hybridized carbons (Fsp3) is 0.357. The minimum atomic E-state index is -0.877. The van der Waals surface area contributed by atoms with Crippen molar-refractivity contribution in [1.82, 2.24) is 4.98 Å². The Bertz CT molecular complexity index is 523. The molecule has 96 valence electrons. The molecule has 0 aliphatic heterocycles. The van der Waals surface area contributed by atoms with Gasteiger partial charge in [0.2, 0.25) is 0 Å². The van der Waals surface area contributed by atoms with Gasteiger partial charge in [-0.05, 0) is 38.1 Å². The Labute approximate surface area is 112 Å². The van der Waals surface area contributed by atoms with Gasteiger partial charge in [0.15, 0.2) is 0 Å². The van der Waals surface area contributed by atoms with Gasteiger partial charge in [0.1, 0.15) is 10.6 Å². The molecule has 0 spiro atoms. The highest BCUT2D eigenvalue weighted by Gasteiger charge is 2.19. The average molecular weight is 262 g/mol. The van der Waals surface area contributed by atoms with Crippen molar-refractivity contribution in [3.05, 3.63) is 35.3 Å². The minimum absolute atomic E-state index is 0.721. The van der Waals surface area contributed by atoms with E-state index in [0.29, 0.717) is 0 Å². The van der Waals surface area contributed by atoms with Gasteiger partial charge in [-0.1, -0.05) is 0 Å². The Kier molecular flexibility index (Phi) is 3.41. The summed E-state index contributed by atoms with van der Waals surface area (Å²) in [5.74, 6) is 0. The Morgan fingerprint density at radius 2 is 1.78 bits per heavy atom. The molecule has 1 heterocycles. The van der Waals surface area contributed by atoms with Gasteiger partial charge >= 0.3 is 0 Å². The predicted octanol–water partition coefficient (Wildman–Crippen LogP) is 3.10. The molecule has 0 bridgehead atoms. The molecular weight excluding hydrogens is 244 g/mol. The summed E-state index contributed by atoms with van der Waals surface area (Å²) in [4.78, 5) is 6.54. The van der Waals surface area contributed by atoms with Crippen LogP contribution in [0.2, 0.25) is 0 Å². The summed E-state index contributed by atoms with van der Waals surface area (Å²) in [5, 5.41) is 12.8. The van der Waals surface area contributed by atoms with Crippen LogP contribution < -0.4 is 4.90 Å². The van der Waals surface area contributed by atoms with Crippen molar-refractivity contribution in [3.63, 3.8) is 0 Å². The van der Waals surface area contributed by atoms with E-state index >= 15 is 0 Å². The molecule has 18 heavy (non-hydrogen) atoms. The number of thiazole rings is 1. The van der Waals surface area contributed by atoms with Crippen molar-refractivity contribution in [1.29, 1.82) is 0 Å². The van der Waals surface area contributed by atoms with E-state index in [1.165, 1.54) is 0 Å². The molecule has 4 heteroatoms. The van der Waals surface area contributed by atoms with Crippen LogP contribution >= 0.6 is 11.3 Å². The van der Waals surface area contributed by atoms with Crippen molar-refractivity contribution in [2.24, 2.45) is 0 Å². The molecule has 1 aromatic heterocycles. The number of rotatable bonds is 3. The van der Waals surface area contributed by atoms with Crippen LogP contribution in [-0.2, 0) is 5.60 Å². The number of aliphatic hydroxyl groups is 1. The maximum absolute atomic E-state index is 9.90. The predicted molar refractivity (Wildman–Crippen MR) is 77.1 cm³/mol. The zero-order valence-corrected chi connectivity index (χ0v) is 12.0. The van der Waals surface area contributed by atoms with Gasteiger partial charge < -0.3 is 10.0 Å². The molecule has 0 aliphatic rings. The van der Waals surface area contributed by atoms with Crippen molar-refractivity contribution >= 4 is 17.0 Å². The Balaban J connectivity index is 2.29. The lowest BCUT2D eigenvalue weighted by Gasteiger charge is -2.13. The second-order valence-electron chi connectivity index (χ2n) is 5.04. The Morgan fingerprint density at radius 1 is 1.17 bits per heavy atom. The lowest BCUT2D eigenvalue weighted by atomic mass is 10.1. The maximum Gasteiger partial charge on any atom is 0.123 e. The van der Waals surface area contributed by atoms with Crippen LogP contribution in [0.5, 0.6) is 0 Å². The monoisotopic (exact) mass is 262 g/mol. The molecule has 1 N–H and O–H groups in total. The second kappa shape index (κ2) is 4.71. The zero-order chi connectivity index (χ0) is 13.3. The van der Waals surface area contributed by atoms with E-state index in [0.717, 1.165) is 22.0 Å². The van der Waals surface area contributed by atoms with Crippen LogP contribution in [0.4, 0.5) is 5.69 Å². The van der Waals surface area contributed by atoms with Crippen molar-refractivity contribution < 1.29 is 5.11 Å². The quantitative estimate of drug-likeness (QED) is 0.923. The van der Waals surface area contributed by atoms with E-state index in [2.05, 4.69) is 34.1 Å². The van der Waals surface area contributed by atoms with Crippen molar-refractivity contribution in [3.8, 4) is 10.6 Å². The number of hydrogen-bond donors (Lipinski definition) is 1. The molecule has 0 saturated heterocycles. The van der Waals surface area contributed by atoms with Crippen LogP contribution in [0.3, 0.4) is 0 Å². The van der Waals surface area contributed by atoms with E-state index in [1.807, 2.05) is 19.5 Å². The van der Waals surface area contributed by atoms with Gasteiger partial charge in [-0.2, -0.15) is 0 Å². The number of hydrogen-bond acceptors (Lipinski definition) is 4. The Hall–Kier alpha value is -1.39. The minimum Gasteiger partial charge on any atom is -0.384 e. The number of aromatic nitrogens is 1. The van der Waals surface area contributed by atoms with E-state index < -0.39 is 5.60 Å². The largest absolute Gasteiger partial charge is 0.384 e. The molecule has 2 aromatic rings. The summed E-state index contributed by atoms with van der Waals surface area (Å²) >= 11 is 1.56. The zero-order valence-electron chi connectivity index (χ0n) is 11.1. The van der Waals surface area contributed by atoms with E-state index in [1.54, 1.807) is 25.2 Å². The highest BCUT2D eigenvalue weighted by atomic mass is 32.1. The highest BCUT2D eigenvalue weighted by Crippen LogP contribution is 2.29. The molecule has 0 unspecified atom stereocenters.